The minimum Gasteiger partial charge on any atom is -0.375 e. The Kier molecular flexibility index (Phi) is 8.85. The van der Waals surface area contributed by atoms with Crippen molar-refractivity contribution < 1.29 is 17.9 Å². The lowest BCUT2D eigenvalue weighted by molar-refractivity contribution is -0.141. The largest absolute Gasteiger partial charge is 0.375 e. The molecule has 3 aliphatic heterocycles. The molecule has 9 heteroatoms. The molecule has 0 bridgehead atoms. The van der Waals surface area contributed by atoms with Crippen molar-refractivity contribution in [2.75, 3.05) is 70.5 Å². The molecule has 2 fully saturated rings. The number of fused-ring (bicyclic) bond motifs is 2. The van der Waals surface area contributed by atoms with Crippen molar-refractivity contribution in [3.63, 3.8) is 0 Å². The molecule has 0 aliphatic carbocycles. The molecule has 2 saturated heterocycles. The van der Waals surface area contributed by atoms with Gasteiger partial charge in [0.1, 0.15) is 6.04 Å². The van der Waals surface area contributed by atoms with E-state index in [9.17, 15) is 13.2 Å². The lowest BCUT2D eigenvalue weighted by Crippen LogP contribution is -2.55. The van der Waals surface area contributed by atoms with Gasteiger partial charge in [0.15, 0.2) is 0 Å². The smallest absolute Gasteiger partial charge is 0.242 e. The molecule has 0 unspecified atom stereocenters. The number of carbonyl (C=O) groups is 1. The molecule has 218 valence electrons. The summed E-state index contributed by atoms with van der Waals surface area (Å²) in [7, 11) is 0.866. The predicted molar refractivity (Wildman–Crippen MR) is 159 cm³/mol. The van der Waals surface area contributed by atoms with Gasteiger partial charge in [-0.2, -0.15) is 0 Å². The molecule has 0 N–H and O–H groups in total. The van der Waals surface area contributed by atoms with Crippen LogP contribution >= 0.6 is 0 Å². The third-order valence-electron chi connectivity index (χ3n) is 9.21. The van der Waals surface area contributed by atoms with Crippen LogP contribution in [0.3, 0.4) is 0 Å². The average molecular weight is 569 g/mol. The van der Waals surface area contributed by atoms with Gasteiger partial charge in [-0.1, -0.05) is 48.5 Å². The summed E-state index contributed by atoms with van der Waals surface area (Å²) in [6.07, 6.45) is 5.07. The third-order valence-corrected chi connectivity index (χ3v) is 10.3. The van der Waals surface area contributed by atoms with Gasteiger partial charge < -0.3 is 14.5 Å². The highest BCUT2D eigenvalue weighted by Gasteiger charge is 2.48. The minimum absolute atomic E-state index is 0.115. The van der Waals surface area contributed by atoms with Crippen LogP contribution in [0.5, 0.6) is 0 Å². The van der Waals surface area contributed by atoms with Crippen molar-refractivity contribution in [3.8, 4) is 0 Å². The van der Waals surface area contributed by atoms with Crippen LogP contribution in [-0.4, -0.2) is 101 Å². The average Bonchev–Trinajstić information content (AvgIpc) is 3.27. The zero-order valence-electron chi connectivity index (χ0n) is 24.2. The van der Waals surface area contributed by atoms with Crippen molar-refractivity contribution in [3.05, 3.63) is 65.7 Å². The molecule has 8 nitrogen and oxygen atoms in total. The third kappa shape index (κ3) is 6.38. The maximum absolute atomic E-state index is 14.0. The monoisotopic (exact) mass is 568 g/mol. The molecule has 1 amide bonds. The molecule has 1 atom stereocenters. The van der Waals surface area contributed by atoms with Crippen molar-refractivity contribution in [2.45, 2.75) is 43.7 Å². The first-order valence-electron chi connectivity index (χ1n) is 14.5. The van der Waals surface area contributed by atoms with E-state index in [1.165, 1.54) is 6.26 Å². The Hall–Kier alpha value is -2.46. The van der Waals surface area contributed by atoms with E-state index in [-0.39, 0.29) is 17.4 Å². The molecular weight excluding hydrogens is 524 g/mol. The lowest BCUT2D eigenvalue weighted by Gasteiger charge is -2.42. The van der Waals surface area contributed by atoms with Gasteiger partial charge in [0, 0.05) is 31.6 Å². The molecule has 5 rings (SSSR count). The van der Waals surface area contributed by atoms with E-state index in [2.05, 4.69) is 30.0 Å². The second kappa shape index (κ2) is 12.2. The number of ether oxygens (including phenoxy) is 1. The summed E-state index contributed by atoms with van der Waals surface area (Å²) in [6.45, 7) is 5.59. The summed E-state index contributed by atoms with van der Waals surface area (Å²) in [4.78, 5) is 20.6. The maximum Gasteiger partial charge on any atom is 0.242 e. The Morgan fingerprint density at radius 3 is 2.35 bits per heavy atom. The van der Waals surface area contributed by atoms with Gasteiger partial charge in [0.05, 0.1) is 25.2 Å². The first-order valence-corrected chi connectivity index (χ1v) is 16.4. The number of sulfonamides is 1. The molecule has 2 aromatic carbocycles. The van der Waals surface area contributed by atoms with Crippen molar-refractivity contribution in [1.29, 1.82) is 0 Å². The number of carbonyl (C=O) groups excluding carboxylic acids is 1. The molecule has 0 radical (unpaired) electrons. The van der Waals surface area contributed by atoms with Crippen molar-refractivity contribution in [1.82, 2.24) is 14.7 Å². The number of likely N-dealkylation sites (N-methyl/N-ethyl adjacent to an activating group) is 1. The number of benzene rings is 2. The minimum atomic E-state index is -3.37. The fourth-order valence-corrected chi connectivity index (χ4v) is 7.70. The lowest BCUT2D eigenvalue weighted by atomic mass is 9.74. The maximum atomic E-state index is 14.0. The van der Waals surface area contributed by atoms with Gasteiger partial charge in [0.25, 0.3) is 0 Å². The van der Waals surface area contributed by atoms with Crippen LogP contribution in [0.2, 0.25) is 0 Å². The number of anilines is 1. The van der Waals surface area contributed by atoms with E-state index in [1.54, 1.807) is 4.31 Å². The number of hydrogen-bond acceptors (Lipinski definition) is 6. The van der Waals surface area contributed by atoms with Gasteiger partial charge in [-0.15, -0.1) is 0 Å². The van der Waals surface area contributed by atoms with Crippen LogP contribution in [0.1, 0.15) is 36.8 Å². The summed E-state index contributed by atoms with van der Waals surface area (Å²) < 4.78 is 32.9. The Balaban J connectivity index is 1.27. The highest BCUT2D eigenvalue weighted by Crippen LogP contribution is 2.47. The van der Waals surface area contributed by atoms with Gasteiger partial charge in [-0.25, -0.2) is 8.42 Å². The van der Waals surface area contributed by atoms with Crippen molar-refractivity contribution >= 4 is 21.6 Å². The zero-order valence-corrected chi connectivity index (χ0v) is 25.0. The number of likely N-dealkylation sites (tertiary alicyclic amines) is 2. The number of para-hydroxylation sites is 1. The van der Waals surface area contributed by atoms with Crippen LogP contribution in [-0.2, 0) is 31.6 Å². The summed E-state index contributed by atoms with van der Waals surface area (Å²) >= 11 is 0. The Bertz CT molecular complexity index is 1260. The quantitative estimate of drug-likeness (QED) is 0.463. The second-order valence-corrected chi connectivity index (χ2v) is 14.0. The molecule has 0 aromatic heterocycles. The first-order chi connectivity index (χ1) is 19.2. The topological polar surface area (TPSA) is 73.4 Å². The number of nitrogens with zero attached hydrogens (tertiary/aromatic N) is 4. The predicted octanol–water partition coefficient (Wildman–Crippen LogP) is 3.19. The molecule has 0 saturated carbocycles. The van der Waals surface area contributed by atoms with Crippen molar-refractivity contribution in [2.24, 2.45) is 5.92 Å². The summed E-state index contributed by atoms with van der Waals surface area (Å²) in [5.74, 6) is 0.691. The number of hydrogen-bond donors (Lipinski definition) is 0. The van der Waals surface area contributed by atoms with Crippen LogP contribution in [0, 0.1) is 5.92 Å². The number of amides is 1. The van der Waals surface area contributed by atoms with Crippen LogP contribution in [0.25, 0.3) is 0 Å². The fraction of sp³-hybridized carbons (Fsp3) is 0.581. The fourth-order valence-electron chi connectivity index (χ4n) is 6.70. The van der Waals surface area contributed by atoms with Crippen LogP contribution in [0.15, 0.2) is 54.6 Å². The van der Waals surface area contributed by atoms with E-state index in [4.69, 9.17) is 4.74 Å². The standard InChI is InChI=1S/C31H44N4O4S/c1-32-17-13-25(14-18-32)21-33(2)29(23-39-22-26-9-5-4-6-10-26)30(36)34-19-15-31(16-20-34)24-35(40(3,37)38)28-12-8-7-11-27(28)31/h4-12,25,29H,13-24H2,1-3H3/t29-/m1/s1. The van der Waals surface area contributed by atoms with E-state index >= 15 is 0 Å². The number of piperidine rings is 2. The van der Waals surface area contributed by atoms with E-state index in [0.717, 1.165) is 62.1 Å². The van der Waals surface area contributed by atoms with Gasteiger partial charge in [-0.05, 0) is 76.0 Å². The summed E-state index contributed by atoms with van der Waals surface area (Å²) in [6, 6.07) is 17.6. The molecule has 3 heterocycles. The molecule has 3 aliphatic rings. The van der Waals surface area contributed by atoms with Gasteiger partial charge in [-0.3, -0.25) is 14.0 Å². The highest BCUT2D eigenvalue weighted by molar-refractivity contribution is 7.92. The Morgan fingerprint density at radius 2 is 1.68 bits per heavy atom. The van der Waals surface area contributed by atoms with E-state index in [0.29, 0.717) is 38.8 Å². The number of rotatable bonds is 9. The van der Waals surface area contributed by atoms with Gasteiger partial charge in [0.2, 0.25) is 15.9 Å². The van der Waals surface area contributed by atoms with Crippen LogP contribution < -0.4 is 4.31 Å². The van der Waals surface area contributed by atoms with E-state index < -0.39 is 10.0 Å². The van der Waals surface area contributed by atoms with Gasteiger partial charge >= 0.3 is 0 Å². The van der Waals surface area contributed by atoms with Crippen LogP contribution in [0.4, 0.5) is 5.69 Å². The Morgan fingerprint density at radius 1 is 1.02 bits per heavy atom. The highest BCUT2D eigenvalue weighted by atomic mass is 32.2. The summed E-state index contributed by atoms with van der Waals surface area (Å²) in [5, 5.41) is 0. The van der Waals surface area contributed by atoms with E-state index in [1.807, 2.05) is 53.4 Å². The molecule has 1 spiro atoms. The molecule has 40 heavy (non-hydrogen) atoms. The molecule has 2 aromatic rings. The SMILES string of the molecule is CN1CCC(CN(C)[C@H](COCc2ccccc2)C(=O)N2CCC3(CC2)CN(S(C)(=O)=O)c2ccccc23)CC1. The zero-order chi connectivity index (χ0) is 28.3. The molecular formula is C31H44N4O4S. The summed E-state index contributed by atoms with van der Waals surface area (Å²) in [5.41, 5.74) is 2.72. The Labute approximate surface area is 239 Å². The first kappa shape index (κ1) is 29.0. The normalized spacial score (nSPS) is 20.7. The second-order valence-electron chi connectivity index (χ2n) is 12.1.